The van der Waals surface area contributed by atoms with Crippen molar-refractivity contribution in [2.45, 2.75) is 19.9 Å². The number of anilines is 2. The van der Waals surface area contributed by atoms with E-state index in [1.54, 1.807) is 18.3 Å². The van der Waals surface area contributed by atoms with Crippen LogP contribution >= 0.6 is 11.6 Å². The number of nitrogens with one attached hydrogen (secondary N) is 1. The lowest BCUT2D eigenvalue weighted by Gasteiger charge is -2.19. The molecule has 0 bridgehead atoms. The van der Waals surface area contributed by atoms with Crippen LogP contribution in [0.15, 0.2) is 36.5 Å². The van der Waals surface area contributed by atoms with E-state index in [0.29, 0.717) is 11.6 Å². The Hall–Kier alpha value is -1.65. The van der Waals surface area contributed by atoms with E-state index in [9.17, 15) is 4.39 Å². The predicted octanol–water partition coefficient (Wildman–Crippen LogP) is 4.14. The number of benzene rings is 1. The topological polar surface area (TPSA) is 28.2 Å². The van der Waals surface area contributed by atoms with Crippen LogP contribution in [0.4, 0.5) is 15.9 Å². The molecule has 5 heteroatoms. The highest BCUT2D eigenvalue weighted by Crippen LogP contribution is 2.25. The fraction of sp³-hybridized carbons (Fsp3) is 0.312. The van der Waals surface area contributed by atoms with Crippen LogP contribution in [-0.2, 0) is 6.54 Å². The zero-order valence-electron chi connectivity index (χ0n) is 12.2. The Balaban J connectivity index is 2.19. The minimum atomic E-state index is -0.249. The van der Waals surface area contributed by atoms with Crippen LogP contribution in [0.3, 0.4) is 0 Å². The molecule has 0 aliphatic rings. The molecule has 3 nitrogen and oxygen atoms in total. The monoisotopic (exact) mass is 307 g/mol. The average molecular weight is 308 g/mol. The Bertz CT molecular complexity index is 587. The molecule has 2 rings (SSSR count). The Labute approximate surface area is 129 Å². The van der Waals surface area contributed by atoms with E-state index in [4.69, 9.17) is 11.6 Å². The quantitative estimate of drug-likeness (QED) is 0.813. The normalized spacial score (nSPS) is 10.7. The summed E-state index contributed by atoms with van der Waals surface area (Å²) in [5.74, 6) is 0.528. The minimum Gasteiger partial charge on any atom is -0.329 e. The van der Waals surface area contributed by atoms with Crippen LogP contribution in [0.2, 0.25) is 5.02 Å². The molecule has 112 valence electrons. The van der Waals surface area contributed by atoms with E-state index >= 15 is 0 Å². The fourth-order valence-electron chi connectivity index (χ4n) is 1.98. The maximum absolute atomic E-state index is 13.0. The first-order chi connectivity index (χ1) is 10.1. The van der Waals surface area contributed by atoms with Gasteiger partial charge in [-0.2, -0.15) is 0 Å². The van der Waals surface area contributed by atoms with Crippen molar-refractivity contribution in [3.63, 3.8) is 0 Å². The second-order valence-electron chi connectivity index (χ2n) is 4.85. The maximum Gasteiger partial charge on any atom is 0.133 e. The Kier molecular flexibility index (Phi) is 5.53. The van der Waals surface area contributed by atoms with Crippen molar-refractivity contribution in [2.75, 3.05) is 18.5 Å². The Morgan fingerprint density at radius 3 is 2.67 bits per heavy atom. The minimum absolute atomic E-state index is 0.249. The fourth-order valence-corrected chi connectivity index (χ4v) is 2.15. The smallest absolute Gasteiger partial charge is 0.133 e. The summed E-state index contributed by atoms with van der Waals surface area (Å²) >= 11 is 6.18. The molecule has 0 fully saturated rings. The molecule has 0 aliphatic carbocycles. The first-order valence-corrected chi connectivity index (χ1v) is 7.34. The van der Waals surface area contributed by atoms with Crippen molar-refractivity contribution in [1.82, 2.24) is 10.3 Å². The average Bonchev–Trinajstić information content (AvgIpc) is 2.49. The second-order valence-corrected chi connectivity index (χ2v) is 5.25. The zero-order valence-corrected chi connectivity index (χ0v) is 13.0. The molecule has 1 N–H and O–H groups in total. The lowest BCUT2D eigenvalue weighted by atomic mass is 10.2. The summed E-state index contributed by atoms with van der Waals surface area (Å²) in [6.07, 6.45) is 2.73. The Morgan fingerprint density at radius 1 is 1.29 bits per heavy atom. The van der Waals surface area contributed by atoms with E-state index in [0.717, 1.165) is 30.0 Å². The highest BCUT2D eigenvalue weighted by atomic mass is 35.5. The van der Waals surface area contributed by atoms with Crippen LogP contribution in [0.1, 0.15) is 18.9 Å². The summed E-state index contributed by atoms with van der Waals surface area (Å²) in [6, 6.07) is 8.27. The van der Waals surface area contributed by atoms with Gasteiger partial charge in [0.05, 0.1) is 5.02 Å². The van der Waals surface area contributed by atoms with Gasteiger partial charge in [-0.3, -0.25) is 0 Å². The molecule has 1 aromatic carbocycles. The number of hydrogen-bond acceptors (Lipinski definition) is 3. The van der Waals surface area contributed by atoms with Gasteiger partial charge in [0.1, 0.15) is 11.6 Å². The van der Waals surface area contributed by atoms with Crippen LogP contribution in [0.5, 0.6) is 0 Å². The highest BCUT2D eigenvalue weighted by Gasteiger charge is 2.09. The number of rotatable bonds is 6. The number of nitrogens with zero attached hydrogens (tertiary/aromatic N) is 2. The van der Waals surface area contributed by atoms with E-state index < -0.39 is 0 Å². The van der Waals surface area contributed by atoms with Crippen molar-refractivity contribution >= 4 is 23.1 Å². The molecule has 0 saturated carbocycles. The molecular weight excluding hydrogens is 289 g/mol. The third-order valence-electron chi connectivity index (χ3n) is 3.22. The lowest BCUT2D eigenvalue weighted by Crippen LogP contribution is -2.16. The van der Waals surface area contributed by atoms with Gasteiger partial charge in [-0.15, -0.1) is 0 Å². The summed E-state index contributed by atoms with van der Waals surface area (Å²) in [5.41, 5.74) is 1.88. The SMILES string of the molecule is CCCNCc1cc(N(C)c2ccc(F)cc2)ncc1Cl. The first kappa shape index (κ1) is 15.7. The van der Waals surface area contributed by atoms with Gasteiger partial charge in [-0.25, -0.2) is 9.37 Å². The van der Waals surface area contributed by atoms with Gasteiger partial charge in [0, 0.05) is 25.5 Å². The predicted molar refractivity (Wildman–Crippen MR) is 85.7 cm³/mol. The summed E-state index contributed by atoms with van der Waals surface area (Å²) < 4.78 is 13.0. The zero-order chi connectivity index (χ0) is 15.2. The number of hydrogen-bond donors (Lipinski definition) is 1. The third kappa shape index (κ3) is 4.16. The molecule has 0 saturated heterocycles. The molecule has 0 atom stereocenters. The van der Waals surface area contributed by atoms with Crippen LogP contribution < -0.4 is 10.2 Å². The summed E-state index contributed by atoms with van der Waals surface area (Å²) in [5, 5.41) is 3.97. The van der Waals surface area contributed by atoms with E-state index in [2.05, 4.69) is 17.2 Å². The Morgan fingerprint density at radius 2 is 2.00 bits per heavy atom. The molecule has 0 unspecified atom stereocenters. The second kappa shape index (κ2) is 7.38. The lowest BCUT2D eigenvalue weighted by molar-refractivity contribution is 0.628. The van der Waals surface area contributed by atoms with Crippen LogP contribution in [-0.4, -0.2) is 18.6 Å². The van der Waals surface area contributed by atoms with Gasteiger partial charge in [0.15, 0.2) is 0 Å². The number of pyridine rings is 1. The van der Waals surface area contributed by atoms with Gasteiger partial charge in [-0.05, 0) is 48.9 Å². The van der Waals surface area contributed by atoms with E-state index in [1.165, 1.54) is 12.1 Å². The number of aromatic nitrogens is 1. The van der Waals surface area contributed by atoms with Crippen LogP contribution in [0.25, 0.3) is 0 Å². The molecule has 0 amide bonds. The third-order valence-corrected chi connectivity index (χ3v) is 3.56. The maximum atomic E-state index is 13.0. The van der Waals surface area contributed by atoms with Gasteiger partial charge in [-0.1, -0.05) is 18.5 Å². The van der Waals surface area contributed by atoms with Gasteiger partial charge in [0.25, 0.3) is 0 Å². The molecule has 1 aromatic heterocycles. The van der Waals surface area contributed by atoms with Gasteiger partial charge in [0.2, 0.25) is 0 Å². The van der Waals surface area contributed by atoms with E-state index in [-0.39, 0.29) is 5.82 Å². The van der Waals surface area contributed by atoms with Crippen molar-refractivity contribution < 1.29 is 4.39 Å². The molecular formula is C16H19ClFN3. The number of halogens is 2. The summed E-state index contributed by atoms with van der Waals surface area (Å²) in [6.45, 7) is 3.77. The van der Waals surface area contributed by atoms with E-state index in [1.807, 2.05) is 18.0 Å². The first-order valence-electron chi connectivity index (χ1n) is 6.96. The molecule has 0 aliphatic heterocycles. The van der Waals surface area contributed by atoms with Crippen LogP contribution in [0, 0.1) is 5.82 Å². The van der Waals surface area contributed by atoms with Gasteiger partial charge < -0.3 is 10.2 Å². The standard InChI is InChI=1S/C16H19ClFN3/c1-3-8-19-10-12-9-16(20-11-15(12)17)21(2)14-6-4-13(18)5-7-14/h4-7,9,11,19H,3,8,10H2,1-2H3. The molecule has 0 radical (unpaired) electrons. The largest absolute Gasteiger partial charge is 0.329 e. The molecule has 0 spiro atoms. The molecule has 2 aromatic rings. The summed E-state index contributed by atoms with van der Waals surface area (Å²) in [4.78, 5) is 6.24. The molecule has 21 heavy (non-hydrogen) atoms. The van der Waals surface area contributed by atoms with Crippen molar-refractivity contribution in [1.29, 1.82) is 0 Å². The summed E-state index contributed by atoms with van der Waals surface area (Å²) in [7, 11) is 1.90. The van der Waals surface area contributed by atoms with Crippen molar-refractivity contribution in [3.8, 4) is 0 Å². The van der Waals surface area contributed by atoms with Crippen molar-refractivity contribution in [3.05, 3.63) is 52.9 Å². The van der Waals surface area contributed by atoms with Gasteiger partial charge >= 0.3 is 0 Å². The van der Waals surface area contributed by atoms with Crippen molar-refractivity contribution in [2.24, 2.45) is 0 Å². The highest BCUT2D eigenvalue weighted by molar-refractivity contribution is 6.31. The molecule has 1 heterocycles.